The van der Waals surface area contributed by atoms with Crippen molar-refractivity contribution in [2.75, 3.05) is 26.9 Å². The molecule has 0 spiro atoms. The summed E-state index contributed by atoms with van der Waals surface area (Å²) in [4.78, 5) is 0. The van der Waals surface area contributed by atoms with Crippen LogP contribution in [0.4, 0.5) is 0 Å². The van der Waals surface area contributed by atoms with Gasteiger partial charge >= 0.3 is 0 Å². The van der Waals surface area contributed by atoms with Crippen molar-refractivity contribution < 1.29 is 14.6 Å². The van der Waals surface area contributed by atoms with Crippen molar-refractivity contribution in [2.45, 2.75) is 19.4 Å². The maximum Gasteiger partial charge on any atom is 0.160 e. The van der Waals surface area contributed by atoms with E-state index in [0.717, 1.165) is 37.8 Å². The lowest BCUT2D eigenvalue weighted by molar-refractivity contribution is 0.126. The van der Waals surface area contributed by atoms with E-state index in [2.05, 4.69) is 5.32 Å². The number of benzene rings is 1. The van der Waals surface area contributed by atoms with Crippen LogP contribution in [0.15, 0.2) is 18.2 Å². The Kier molecular flexibility index (Phi) is 4.84. The summed E-state index contributed by atoms with van der Waals surface area (Å²) in [5, 5.41) is 12.8. The summed E-state index contributed by atoms with van der Waals surface area (Å²) < 4.78 is 10.6. The second kappa shape index (κ2) is 6.61. The zero-order valence-corrected chi connectivity index (χ0v) is 10.8. The molecular formula is C14H21NO3. The Morgan fingerprint density at radius 3 is 2.94 bits per heavy atom. The summed E-state index contributed by atoms with van der Waals surface area (Å²) >= 11 is 0. The molecule has 2 N–H and O–H groups in total. The van der Waals surface area contributed by atoms with E-state index in [0.29, 0.717) is 5.75 Å². The van der Waals surface area contributed by atoms with Gasteiger partial charge in [-0.3, -0.25) is 0 Å². The van der Waals surface area contributed by atoms with E-state index >= 15 is 0 Å². The second-order valence-corrected chi connectivity index (χ2v) is 4.70. The molecule has 1 aliphatic carbocycles. The molecule has 0 radical (unpaired) electrons. The fourth-order valence-corrected chi connectivity index (χ4v) is 1.74. The molecule has 0 amide bonds. The monoisotopic (exact) mass is 251 g/mol. The Bertz CT molecular complexity index is 377. The number of ether oxygens (including phenoxy) is 2. The fourth-order valence-electron chi connectivity index (χ4n) is 1.74. The van der Waals surface area contributed by atoms with Gasteiger partial charge in [-0.15, -0.1) is 0 Å². The van der Waals surface area contributed by atoms with Crippen molar-refractivity contribution in [3.63, 3.8) is 0 Å². The first-order chi connectivity index (χ1) is 8.79. The highest BCUT2D eigenvalue weighted by molar-refractivity contribution is 5.41. The Morgan fingerprint density at radius 1 is 1.39 bits per heavy atom. The summed E-state index contributed by atoms with van der Waals surface area (Å²) in [6.45, 7) is 3.26. The highest BCUT2D eigenvalue weighted by atomic mass is 16.5. The van der Waals surface area contributed by atoms with Crippen molar-refractivity contribution in [1.29, 1.82) is 0 Å². The standard InChI is InChI=1S/C14H21NO3/c1-17-14-8-12(4-5-13(14)16)9-15-6-7-18-10-11-2-3-11/h4-5,8,11,15-16H,2-3,6-7,9-10H2,1H3. The van der Waals surface area contributed by atoms with E-state index in [4.69, 9.17) is 9.47 Å². The number of hydrogen-bond donors (Lipinski definition) is 2. The van der Waals surface area contributed by atoms with E-state index in [1.54, 1.807) is 13.2 Å². The third kappa shape index (κ3) is 4.20. The second-order valence-electron chi connectivity index (χ2n) is 4.70. The number of aromatic hydroxyl groups is 1. The topological polar surface area (TPSA) is 50.7 Å². The molecule has 0 heterocycles. The third-order valence-corrected chi connectivity index (χ3v) is 3.05. The SMILES string of the molecule is COc1cc(CNCCOCC2CC2)ccc1O. The third-order valence-electron chi connectivity index (χ3n) is 3.05. The van der Waals surface area contributed by atoms with Crippen LogP contribution >= 0.6 is 0 Å². The predicted molar refractivity (Wildman–Crippen MR) is 69.9 cm³/mol. The highest BCUT2D eigenvalue weighted by Crippen LogP contribution is 2.28. The molecular weight excluding hydrogens is 230 g/mol. The van der Waals surface area contributed by atoms with Crippen LogP contribution in [0.25, 0.3) is 0 Å². The minimum atomic E-state index is 0.175. The number of hydrogen-bond acceptors (Lipinski definition) is 4. The fraction of sp³-hybridized carbons (Fsp3) is 0.571. The van der Waals surface area contributed by atoms with Crippen molar-refractivity contribution in [2.24, 2.45) is 5.92 Å². The minimum Gasteiger partial charge on any atom is -0.504 e. The first-order valence-electron chi connectivity index (χ1n) is 6.44. The molecule has 1 aromatic carbocycles. The van der Waals surface area contributed by atoms with Gasteiger partial charge in [-0.25, -0.2) is 0 Å². The lowest BCUT2D eigenvalue weighted by Gasteiger charge is -2.08. The van der Waals surface area contributed by atoms with E-state index < -0.39 is 0 Å². The quantitative estimate of drug-likeness (QED) is 0.693. The number of phenols is 1. The predicted octanol–water partition coefficient (Wildman–Crippen LogP) is 1.92. The van der Waals surface area contributed by atoms with Gasteiger partial charge in [0.2, 0.25) is 0 Å². The normalized spacial score (nSPS) is 14.7. The molecule has 0 bridgehead atoms. The molecule has 1 saturated carbocycles. The van der Waals surface area contributed by atoms with Crippen LogP contribution in [0.1, 0.15) is 18.4 Å². The van der Waals surface area contributed by atoms with Gasteiger partial charge in [0, 0.05) is 19.7 Å². The van der Waals surface area contributed by atoms with E-state index in [1.165, 1.54) is 12.8 Å². The maximum absolute atomic E-state index is 9.47. The molecule has 2 rings (SSSR count). The van der Waals surface area contributed by atoms with Gasteiger partial charge in [-0.05, 0) is 36.5 Å². The van der Waals surface area contributed by atoms with Crippen molar-refractivity contribution in [3.8, 4) is 11.5 Å². The smallest absolute Gasteiger partial charge is 0.160 e. The highest BCUT2D eigenvalue weighted by Gasteiger charge is 2.20. The van der Waals surface area contributed by atoms with Crippen LogP contribution in [0.2, 0.25) is 0 Å². The molecule has 1 aliphatic rings. The Labute approximate surface area is 108 Å². The summed E-state index contributed by atoms with van der Waals surface area (Å²) in [5.74, 6) is 1.51. The van der Waals surface area contributed by atoms with Gasteiger partial charge in [0.15, 0.2) is 11.5 Å². The van der Waals surface area contributed by atoms with Gasteiger partial charge in [0.25, 0.3) is 0 Å². The Morgan fingerprint density at radius 2 is 2.22 bits per heavy atom. The van der Waals surface area contributed by atoms with Crippen molar-refractivity contribution >= 4 is 0 Å². The summed E-state index contributed by atoms with van der Waals surface area (Å²) in [5.41, 5.74) is 1.09. The molecule has 1 fully saturated rings. The number of methoxy groups -OCH3 is 1. The van der Waals surface area contributed by atoms with Crippen LogP contribution in [-0.2, 0) is 11.3 Å². The van der Waals surface area contributed by atoms with Gasteiger partial charge in [0.05, 0.1) is 13.7 Å². The van der Waals surface area contributed by atoms with Crippen molar-refractivity contribution in [3.05, 3.63) is 23.8 Å². The molecule has 0 unspecified atom stereocenters. The van der Waals surface area contributed by atoms with E-state index in [-0.39, 0.29) is 5.75 Å². The van der Waals surface area contributed by atoms with E-state index in [9.17, 15) is 5.11 Å². The van der Waals surface area contributed by atoms with Crippen LogP contribution < -0.4 is 10.1 Å². The zero-order valence-electron chi connectivity index (χ0n) is 10.8. The first-order valence-corrected chi connectivity index (χ1v) is 6.44. The largest absolute Gasteiger partial charge is 0.504 e. The summed E-state index contributed by atoms with van der Waals surface area (Å²) in [6.07, 6.45) is 2.67. The molecule has 0 aromatic heterocycles. The maximum atomic E-state index is 9.47. The lowest BCUT2D eigenvalue weighted by atomic mass is 10.2. The molecule has 0 atom stereocenters. The number of phenolic OH excluding ortho intramolecular Hbond substituents is 1. The lowest BCUT2D eigenvalue weighted by Crippen LogP contribution is -2.19. The van der Waals surface area contributed by atoms with Crippen molar-refractivity contribution in [1.82, 2.24) is 5.32 Å². The molecule has 0 saturated heterocycles. The van der Waals surface area contributed by atoms with Gasteiger partial charge < -0.3 is 19.9 Å². The van der Waals surface area contributed by atoms with Crippen LogP contribution in [-0.4, -0.2) is 32.0 Å². The molecule has 4 heteroatoms. The molecule has 0 aliphatic heterocycles. The zero-order chi connectivity index (χ0) is 12.8. The average Bonchev–Trinajstić information content (AvgIpc) is 3.19. The average molecular weight is 251 g/mol. The molecule has 100 valence electrons. The van der Waals surface area contributed by atoms with Crippen LogP contribution in [0.5, 0.6) is 11.5 Å². The first kappa shape index (κ1) is 13.2. The van der Waals surface area contributed by atoms with E-state index in [1.807, 2.05) is 12.1 Å². The summed E-state index contributed by atoms with van der Waals surface area (Å²) in [6, 6.07) is 5.38. The minimum absolute atomic E-state index is 0.175. The van der Waals surface area contributed by atoms with Crippen LogP contribution in [0.3, 0.4) is 0 Å². The van der Waals surface area contributed by atoms with Gasteiger partial charge in [0.1, 0.15) is 0 Å². The van der Waals surface area contributed by atoms with Gasteiger partial charge in [-0.2, -0.15) is 0 Å². The molecule has 1 aromatic rings. The Balaban J connectivity index is 1.62. The van der Waals surface area contributed by atoms with Gasteiger partial charge in [-0.1, -0.05) is 6.07 Å². The van der Waals surface area contributed by atoms with Crippen LogP contribution in [0, 0.1) is 5.92 Å². The summed E-state index contributed by atoms with van der Waals surface area (Å²) in [7, 11) is 1.55. The Hall–Kier alpha value is -1.26. The molecule has 18 heavy (non-hydrogen) atoms. The number of nitrogens with one attached hydrogen (secondary N) is 1. The number of rotatable bonds is 8. The molecule has 4 nitrogen and oxygen atoms in total.